The van der Waals surface area contributed by atoms with Gasteiger partial charge in [-0.1, -0.05) is 62.4 Å². The first-order valence-electron chi connectivity index (χ1n) is 52.0. The zero-order chi connectivity index (χ0) is 114. The molecular formula is C118H212O29. The average molecular weight is 2090 g/mol. The van der Waals surface area contributed by atoms with Crippen molar-refractivity contribution < 1.29 is 138 Å². The van der Waals surface area contributed by atoms with Crippen LogP contribution in [0.3, 0.4) is 0 Å². The number of furan rings is 1. The van der Waals surface area contributed by atoms with Gasteiger partial charge in [0, 0.05) is 24.7 Å². The Balaban J connectivity index is -0.000000211. The molecule has 0 unspecified atom stereocenters. The summed E-state index contributed by atoms with van der Waals surface area (Å²) in [6.07, 6.45) is 14.8. The Kier molecular flexibility index (Phi) is 117. The van der Waals surface area contributed by atoms with Gasteiger partial charge in [0.25, 0.3) is 0 Å². The lowest BCUT2D eigenvalue weighted by Crippen LogP contribution is -2.29. The average Bonchev–Trinajstić information content (AvgIpc) is 1.02. The maximum Gasteiger partial charge on any atom is 0.208 e. The van der Waals surface area contributed by atoms with Crippen LogP contribution in [-0.2, 0) is 141 Å². The van der Waals surface area contributed by atoms with Crippen LogP contribution < -0.4 is 24.1 Å². The molecule has 0 N–H and O–H groups in total. The van der Waals surface area contributed by atoms with Gasteiger partial charge in [-0.15, -0.1) is 39.5 Å². The van der Waals surface area contributed by atoms with Crippen molar-refractivity contribution in [2.24, 2.45) is 0 Å². The summed E-state index contributed by atoms with van der Waals surface area (Å²) >= 11 is 0. The predicted molar refractivity (Wildman–Crippen MR) is 598 cm³/mol. The van der Waals surface area contributed by atoms with E-state index in [4.69, 9.17) is 138 Å². The molecule has 6 rings (SSSR count). The van der Waals surface area contributed by atoms with E-state index < -0.39 is 0 Å². The first-order valence-corrected chi connectivity index (χ1v) is 52.0. The molecule has 1 saturated carbocycles. The number of unbranched alkanes of at least 4 members (excludes halogenated alkanes) is 1. The van der Waals surface area contributed by atoms with E-state index in [1.807, 2.05) is 242 Å². The Morgan fingerprint density at radius 1 is 0.265 bits per heavy atom. The van der Waals surface area contributed by atoms with Gasteiger partial charge < -0.3 is 124 Å². The number of hydrogen-bond acceptors (Lipinski definition) is 29. The van der Waals surface area contributed by atoms with Gasteiger partial charge in [0.05, 0.1) is 220 Å². The molecule has 1 aromatic heterocycles. The van der Waals surface area contributed by atoms with Crippen LogP contribution in [0.4, 0.5) is 0 Å². The standard InChI is InChI=1S/C24H34O3.C18H30O5.C13H20O3.C12H26O4.C12H24O2.C11H18O4.C10H22O2.C8H18O2.3C2H4.4CH2O/c1-18(2)25-15-16-26-23-13-11-22(12-14-23)24(5,6)21-9-7-20(8-10-21)17-27-19(3)4;1-13(2)19-7-8-20-17-9-16(12-21-14(3)4)10-18(11-17)23-22-15(5)6;1-10(2)14-9-12-6-5-7-13(8-12)16-15-11(3)4;1-11(2)15-9-7-13-5-6-14-8-10-16-12(3)4;1-9(2)13-11-5-7-12(8-6-11)14-10(3)4;1-8(2)13-6-10-5-12-7-11(10)15-14-9(3)4;1-9(2)11-7-5-6-8-12-10(3)4;1-7(2)9-5-6-10-8(3)4;7*1-2/h7-14,18-19H,15-17H2,1-6H3;9-11,13-15H,7-8,12H2,1-6H3;5-8,10-11H,9H2,1-4H3;11-12H,5-10H2,1-4H3;9-12H,5-8H2,1-4H3;5,7-9H,6H2,1-4H3;9-10H,5-8H2,1-4H3;7-8H,5-6H2,1-4H3;3*1-2H2;4*1H2. The number of benzene rings is 4. The van der Waals surface area contributed by atoms with E-state index in [0.717, 1.165) is 74.2 Å². The smallest absolute Gasteiger partial charge is 0.208 e. The van der Waals surface area contributed by atoms with E-state index in [1.165, 1.54) is 23.0 Å². The summed E-state index contributed by atoms with van der Waals surface area (Å²) in [6, 6.07) is 30.4. The van der Waals surface area contributed by atoms with E-state index in [1.54, 1.807) is 12.3 Å². The van der Waals surface area contributed by atoms with Gasteiger partial charge in [-0.25, -0.2) is 0 Å². The number of hydrogen-bond donors (Lipinski definition) is 0. The zero-order valence-electron chi connectivity index (χ0n) is 98.7. The van der Waals surface area contributed by atoms with Crippen molar-refractivity contribution in [1.29, 1.82) is 0 Å². The molecule has 1 aliphatic carbocycles. The first-order chi connectivity index (χ1) is 69.8. The number of ether oxygens (including phenoxy) is 18. The molecule has 0 aliphatic heterocycles. The lowest BCUT2D eigenvalue weighted by molar-refractivity contribution is -0.235. The molecule has 147 heavy (non-hydrogen) atoms. The third kappa shape index (κ3) is 111. The Labute approximate surface area is 893 Å². The van der Waals surface area contributed by atoms with Gasteiger partial charge in [-0.05, 0) is 338 Å². The minimum atomic E-state index is -0.0727. The molecule has 1 heterocycles. The second-order valence-electron chi connectivity index (χ2n) is 37.4. The van der Waals surface area contributed by atoms with Crippen molar-refractivity contribution in [3.63, 3.8) is 0 Å². The van der Waals surface area contributed by atoms with Gasteiger partial charge in [0.1, 0.15) is 58.1 Å². The lowest BCUT2D eigenvalue weighted by atomic mass is 9.78. The van der Waals surface area contributed by atoms with Crippen molar-refractivity contribution in [1.82, 2.24) is 0 Å². The van der Waals surface area contributed by atoms with Crippen LogP contribution in [0, 0.1) is 0 Å². The van der Waals surface area contributed by atoms with Crippen molar-refractivity contribution in [2.45, 2.75) is 436 Å². The fourth-order valence-electron chi connectivity index (χ4n) is 11.0. The second kappa shape index (κ2) is 110. The van der Waals surface area contributed by atoms with Crippen LogP contribution >= 0.6 is 0 Å². The monoisotopic (exact) mass is 2090 g/mol. The van der Waals surface area contributed by atoms with E-state index >= 15 is 0 Å². The maximum atomic E-state index is 8.00. The molecule has 4 aromatic carbocycles. The molecule has 1 aliphatic rings. The van der Waals surface area contributed by atoms with Crippen LogP contribution in [0.1, 0.15) is 321 Å². The maximum absolute atomic E-state index is 8.00. The first kappa shape index (κ1) is 157. The highest BCUT2D eigenvalue weighted by molar-refractivity contribution is 5.41. The van der Waals surface area contributed by atoms with Crippen LogP contribution in [-0.4, -0.2) is 236 Å². The summed E-state index contributed by atoms with van der Waals surface area (Å²) in [5.74, 6) is 3.47. The van der Waals surface area contributed by atoms with Crippen molar-refractivity contribution in [3.05, 3.63) is 176 Å². The molecule has 858 valence electrons. The minimum absolute atomic E-state index is 0.0127. The van der Waals surface area contributed by atoms with Crippen LogP contribution in [0.5, 0.6) is 28.7 Å². The predicted octanol–water partition coefficient (Wildman–Crippen LogP) is 27.3. The number of carbonyl (C=O) groups is 4. The SMILES string of the molecule is C=C.C=C.C=C.C=O.C=O.C=O.C=O.CC(C)OC1CCC(OC(C)C)CC1.CC(C)OCCCCOC(C)C.CC(C)OCCOC(C)C.CC(C)OCCOCCOCCOC(C)C.CC(C)OCCOc1cc(COC(C)C)cc(OOC(C)C)c1.CC(C)OCCOc1ccc(C(C)(C)c2ccc(COC(C)C)cc2)cc1.CC(C)OCc1cccc(OOC(C)C)c1.CC(C)OCc1cocc1OOC(C)C. The highest BCUT2D eigenvalue weighted by Gasteiger charge is 2.25. The second-order valence-corrected chi connectivity index (χ2v) is 37.4. The van der Waals surface area contributed by atoms with Gasteiger partial charge in [0.15, 0.2) is 11.5 Å². The largest absolute Gasteiger partial charge is 0.491 e. The number of rotatable bonds is 60. The van der Waals surface area contributed by atoms with Crippen molar-refractivity contribution in [2.75, 3.05) is 92.5 Å². The fraction of sp³-hybridized carbons (Fsp3) is 0.678. The summed E-state index contributed by atoms with van der Waals surface area (Å²) in [5.41, 5.74) is 6.59. The summed E-state index contributed by atoms with van der Waals surface area (Å²) in [5, 5.41) is 0. The summed E-state index contributed by atoms with van der Waals surface area (Å²) in [4.78, 5) is 62.9. The summed E-state index contributed by atoms with van der Waals surface area (Å²) < 4.78 is 104. The molecule has 29 heteroatoms. The Morgan fingerprint density at radius 3 is 0.905 bits per heavy atom. The van der Waals surface area contributed by atoms with Gasteiger partial charge in [-0.3, -0.25) is 0 Å². The van der Waals surface area contributed by atoms with E-state index in [-0.39, 0.29) is 72.6 Å². The Morgan fingerprint density at radius 2 is 0.551 bits per heavy atom. The van der Waals surface area contributed by atoms with Crippen LogP contribution in [0.15, 0.2) is 147 Å². The fourth-order valence-corrected chi connectivity index (χ4v) is 11.0. The third-order valence-electron chi connectivity index (χ3n) is 17.4. The molecular weight excluding hydrogens is 1880 g/mol. The third-order valence-corrected chi connectivity index (χ3v) is 17.4. The van der Waals surface area contributed by atoms with Crippen LogP contribution in [0.2, 0.25) is 0 Å². The van der Waals surface area contributed by atoms with E-state index in [0.29, 0.717) is 178 Å². The molecule has 0 amide bonds. The molecule has 0 saturated heterocycles. The minimum Gasteiger partial charge on any atom is -0.491 e. The Hall–Kier alpha value is -7.70. The number of carbonyl (C=O) groups excluding carboxylic acids is 4. The van der Waals surface area contributed by atoms with Gasteiger partial charge in [-0.2, -0.15) is 14.7 Å². The normalized spacial score (nSPS) is 12.3. The van der Waals surface area contributed by atoms with Crippen molar-refractivity contribution in [3.8, 4) is 28.7 Å². The van der Waals surface area contributed by atoms with E-state index in [9.17, 15) is 0 Å². The van der Waals surface area contributed by atoms with Crippen LogP contribution in [0.25, 0.3) is 0 Å². The molecule has 29 nitrogen and oxygen atoms in total. The zero-order valence-corrected chi connectivity index (χ0v) is 98.7. The van der Waals surface area contributed by atoms with Gasteiger partial charge >= 0.3 is 0 Å². The molecule has 0 atom stereocenters. The van der Waals surface area contributed by atoms with E-state index in [2.05, 4.69) is 159 Å². The quantitative estimate of drug-likeness (QED) is 0.0151. The van der Waals surface area contributed by atoms with Crippen molar-refractivity contribution >= 4 is 27.2 Å². The molecule has 1 fully saturated rings. The highest BCUT2D eigenvalue weighted by Crippen LogP contribution is 2.34. The summed E-state index contributed by atoms with van der Waals surface area (Å²) in [7, 11) is 0. The summed E-state index contributed by atoms with van der Waals surface area (Å²) in [6.45, 7) is 110. The molecule has 5 aromatic rings. The topological polar surface area (TPSA) is 303 Å². The molecule has 0 bridgehead atoms. The molecule has 0 radical (unpaired) electrons. The molecule has 0 spiro atoms. The Bertz CT molecular complexity index is 3340. The highest BCUT2D eigenvalue weighted by atomic mass is 17.2. The lowest BCUT2D eigenvalue weighted by Gasteiger charge is -2.30. The van der Waals surface area contributed by atoms with Gasteiger partial charge in [0.2, 0.25) is 5.75 Å².